The molecular formula is C16H15ClF3N7O2. The zero-order chi connectivity index (χ0) is 20.4. The van der Waals surface area contributed by atoms with E-state index in [0.717, 1.165) is 16.8 Å². The topological polar surface area (TPSA) is 121 Å². The Morgan fingerprint density at radius 2 is 1.93 bits per heavy atom. The van der Waals surface area contributed by atoms with Crippen molar-refractivity contribution in [1.82, 2.24) is 25.0 Å². The maximum atomic E-state index is 14.1. The summed E-state index contributed by atoms with van der Waals surface area (Å²) in [6, 6.07) is 1.91. The predicted molar refractivity (Wildman–Crippen MR) is 98.5 cm³/mol. The average Bonchev–Trinajstić information content (AvgIpc) is 2.97. The number of pyridine rings is 2. The second-order valence-electron chi connectivity index (χ2n) is 5.72. The Labute approximate surface area is 168 Å². The van der Waals surface area contributed by atoms with E-state index in [4.69, 9.17) is 10.5 Å². The maximum Gasteiger partial charge on any atom is 0.413 e. The first kappa shape index (κ1) is 21.9. The summed E-state index contributed by atoms with van der Waals surface area (Å²) in [5.41, 5.74) is 5.08. The normalized spacial score (nSPS) is 11.5. The van der Waals surface area contributed by atoms with Gasteiger partial charge < -0.3 is 10.5 Å². The quantitative estimate of drug-likeness (QED) is 0.611. The van der Waals surface area contributed by atoms with E-state index in [2.05, 4.69) is 25.6 Å². The Balaban J connectivity index is 0.00000300. The van der Waals surface area contributed by atoms with Gasteiger partial charge in [0.2, 0.25) is 5.95 Å². The number of hydrogen-bond acceptors (Lipinski definition) is 7. The Bertz CT molecular complexity index is 1050. The van der Waals surface area contributed by atoms with Crippen LogP contribution in [-0.2, 0) is 11.8 Å². The number of amides is 1. The summed E-state index contributed by atoms with van der Waals surface area (Å²) in [6.07, 6.45) is -0.262. The van der Waals surface area contributed by atoms with Crippen LogP contribution in [0.25, 0.3) is 11.4 Å². The summed E-state index contributed by atoms with van der Waals surface area (Å²) in [6.45, 7) is 1.34. The molecule has 0 aliphatic carbocycles. The van der Waals surface area contributed by atoms with Crippen LogP contribution in [0.5, 0.6) is 0 Å². The zero-order valence-corrected chi connectivity index (χ0v) is 15.9. The number of anilines is 2. The number of nitrogens with zero attached hydrogens (tertiary/aromatic N) is 5. The molecule has 0 saturated carbocycles. The van der Waals surface area contributed by atoms with E-state index in [9.17, 15) is 18.0 Å². The fraction of sp³-hybridized carbons (Fsp3) is 0.188. The van der Waals surface area contributed by atoms with E-state index in [0.29, 0.717) is 6.20 Å². The molecule has 3 N–H and O–H groups in total. The van der Waals surface area contributed by atoms with Gasteiger partial charge in [0, 0.05) is 13.1 Å². The molecule has 0 aromatic carbocycles. The number of nitrogen functional groups attached to an aromatic ring is 1. The van der Waals surface area contributed by atoms with Crippen LogP contribution < -0.4 is 11.1 Å². The molecule has 3 aromatic rings. The molecule has 0 radical (unpaired) electrons. The van der Waals surface area contributed by atoms with Crippen molar-refractivity contribution in [2.24, 2.45) is 7.05 Å². The van der Waals surface area contributed by atoms with Crippen LogP contribution in [0.1, 0.15) is 18.6 Å². The first-order valence-corrected chi connectivity index (χ1v) is 7.86. The minimum absolute atomic E-state index is 0. The zero-order valence-electron chi connectivity index (χ0n) is 15.1. The van der Waals surface area contributed by atoms with Gasteiger partial charge in [-0.3, -0.25) is 5.32 Å². The van der Waals surface area contributed by atoms with Crippen molar-refractivity contribution in [2.75, 3.05) is 11.1 Å². The van der Waals surface area contributed by atoms with Gasteiger partial charge in [-0.25, -0.2) is 28.2 Å². The third-order valence-electron chi connectivity index (χ3n) is 3.69. The summed E-state index contributed by atoms with van der Waals surface area (Å²) >= 11 is 0. The largest absolute Gasteiger partial charge is 0.441 e. The van der Waals surface area contributed by atoms with Gasteiger partial charge >= 0.3 is 6.09 Å². The highest BCUT2D eigenvalue weighted by molar-refractivity contribution is 5.88. The number of halogens is 4. The van der Waals surface area contributed by atoms with Crippen LogP contribution in [0, 0.1) is 17.6 Å². The molecule has 3 aromatic heterocycles. The number of carbonyl (C=O) groups excluding carboxylic acids is 1. The van der Waals surface area contributed by atoms with Crippen molar-refractivity contribution in [3.05, 3.63) is 47.7 Å². The average molecular weight is 430 g/mol. The molecule has 154 valence electrons. The van der Waals surface area contributed by atoms with Gasteiger partial charge in [0.05, 0.1) is 23.6 Å². The monoisotopic (exact) mass is 429 g/mol. The van der Waals surface area contributed by atoms with Crippen LogP contribution in [0.3, 0.4) is 0 Å². The Kier molecular flexibility index (Phi) is 6.59. The third kappa shape index (κ3) is 4.71. The highest BCUT2D eigenvalue weighted by atomic mass is 35.5. The highest BCUT2D eigenvalue weighted by Crippen LogP contribution is 2.27. The lowest BCUT2D eigenvalue weighted by Crippen LogP contribution is -2.19. The fourth-order valence-electron chi connectivity index (χ4n) is 2.36. The molecule has 0 spiro atoms. The van der Waals surface area contributed by atoms with E-state index < -0.39 is 29.8 Å². The van der Waals surface area contributed by atoms with Crippen molar-refractivity contribution in [3.63, 3.8) is 0 Å². The summed E-state index contributed by atoms with van der Waals surface area (Å²) in [5.74, 6) is -2.54. The van der Waals surface area contributed by atoms with Gasteiger partial charge in [-0.2, -0.15) is 4.39 Å². The van der Waals surface area contributed by atoms with Crippen LogP contribution in [-0.4, -0.2) is 31.1 Å². The van der Waals surface area contributed by atoms with Gasteiger partial charge in [0.15, 0.2) is 17.3 Å². The number of carbonyl (C=O) groups is 1. The van der Waals surface area contributed by atoms with Crippen LogP contribution in [0.15, 0.2) is 24.5 Å². The summed E-state index contributed by atoms with van der Waals surface area (Å²) in [4.78, 5) is 19.3. The van der Waals surface area contributed by atoms with Crippen molar-refractivity contribution in [2.45, 2.75) is 13.0 Å². The van der Waals surface area contributed by atoms with Crippen LogP contribution >= 0.6 is 12.4 Å². The number of rotatable bonds is 4. The molecule has 0 aliphatic heterocycles. The van der Waals surface area contributed by atoms with Gasteiger partial charge in [0.1, 0.15) is 17.6 Å². The number of nitrogens with two attached hydrogens (primary N) is 1. The lowest BCUT2D eigenvalue weighted by molar-refractivity contribution is 0.118. The smallest absolute Gasteiger partial charge is 0.413 e. The van der Waals surface area contributed by atoms with Gasteiger partial charge in [-0.15, -0.1) is 17.5 Å². The minimum atomic E-state index is -1.15. The molecule has 0 unspecified atom stereocenters. The SMILES string of the molecule is C[C@@H](OC(=O)Nc1c(-c2ncc(N)cc2F)nnn1C)c1cc(F)cnc1F.Cl. The van der Waals surface area contributed by atoms with Crippen LogP contribution in [0.4, 0.5) is 29.5 Å². The standard InChI is InChI=1S/C16H14F3N7O2.ClH/c1-7(10-3-8(17)5-22-14(10)19)28-16(27)23-15-13(24-25-26(15)2)12-11(18)4-9(20)6-21-12;/h3-7H,20H2,1-2H3,(H,23,27);1H/t7-;/m1./s1. The molecule has 0 fully saturated rings. The minimum Gasteiger partial charge on any atom is -0.441 e. The van der Waals surface area contributed by atoms with E-state index >= 15 is 0 Å². The van der Waals surface area contributed by atoms with E-state index in [1.54, 1.807) is 0 Å². The number of ether oxygens (including phenoxy) is 1. The molecule has 1 amide bonds. The highest BCUT2D eigenvalue weighted by Gasteiger charge is 2.23. The van der Waals surface area contributed by atoms with Crippen LogP contribution in [0.2, 0.25) is 0 Å². The van der Waals surface area contributed by atoms with Crippen molar-refractivity contribution < 1.29 is 22.7 Å². The van der Waals surface area contributed by atoms with Gasteiger partial charge in [-0.1, -0.05) is 5.21 Å². The Hall–Kier alpha value is -3.41. The summed E-state index contributed by atoms with van der Waals surface area (Å²) < 4.78 is 47.3. The number of nitrogens with one attached hydrogen (secondary N) is 1. The van der Waals surface area contributed by atoms with Crippen molar-refractivity contribution >= 4 is 30.0 Å². The molecular weight excluding hydrogens is 415 g/mol. The lowest BCUT2D eigenvalue weighted by atomic mass is 10.2. The summed E-state index contributed by atoms with van der Waals surface area (Å²) in [7, 11) is 1.45. The molecule has 3 heterocycles. The molecule has 29 heavy (non-hydrogen) atoms. The number of hydrogen-bond donors (Lipinski definition) is 2. The second kappa shape index (κ2) is 8.73. The third-order valence-corrected chi connectivity index (χ3v) is 3.69. The first-order chi connectivity index (χ1) is 13.3. The molecule has 13 heteroatoms. The van der Waals surface area contributed by atoms with E-state index in [1.165, 1.54) is 20.2 Å². The van der Waals surface area contributed by atoms with Gasteiger partial charge in [0.25, 0.3) is 0 Å². The molecule has 3 rings (SSSR count). The first-order valence-electron chi connectivity index (χ1n) is 7.86. The molecule has 0 saturated heterocycles. The predicted octanol–water partition coefficient (Wildman–Crippen LogP) is 3.00. The lowest BCUT2D eigenvalue weighted by Gasteiger charge is -2.15. The number of aryl methyl sites for hydroxylation is 1. The molecule has 9 nitrogen and oxygen atoms in total. The second-order valence-corrected chi connectivity index (χ2v) is 5.72. The Morgan fingerprint density at radius 3 is 2.62 bits per heavy atom. The van der Waals surface area contributed by atoms with E-state index in [-0.39, 0.29) is 40.9 Å². The van der Waals surface area contributed by atoms with E-state index in [1.807, 2.05) is 0 Å². The van der Waals surface area contributed by atoms with Crippen molar-refractivity contribution in [3.8, 4) is 11.4 Å². The number of aromatic nitrogens is 5. The fourth-order valence-corrected chi connectivity index (χ4v) is 2.36. The summed E-state index contributed by atoms with van der Waals surface area (Å²) in [5, 5.41) is 9.82. The van der Waals surface area contributed by atoms with Crippen molar-refractivity contribution in [1.29, 1.82) is 0 Å². The molecule has 1 atom stereocenters. The van der Waals surface area contributed by atoms with Gasteiger partial charge in [-0.05, 0) is 13.0 Å². The molecule has 0 aliphatic rings. The maximum absolute atomic E-state index is 14.1. The Morgan fingerprint density at radius 1 is 1.21 bits per heavy atom. The molecule has 0 bridgehead atoms.